The number of nitrogens with zero attached hydrogens (tertiary/aromatic N) is 2. The van der Waals surface area contributed by atoms with Crippen LogP contribution in [0.2, 0.25) is 0 Å². The molecule has 0 aromatic heterocycles. The summed E-state index contributed by atoms with van der Waals surface area (Å²) in [5.74, 6) is -1.20. The first-order chi connectivity index (χ1) is 24.6. The zero-order valence-electron chi connectivity index (χ0n) is 29.1. The Morgan fingerprint density at radius 1 is 0.745 bits per heavy atom. The van der Waals surface area contributed by atoms with Crippen LogP contribution in [0, 0.1) is 11.3 Å². The fourth-order valence-electron chi connectivity index (χ4n) is 8.06. The summed E-state index contributed by atoms with van der Waals surface area (Å²) in [5.41, 5.74) is 14.6. The number of carboxylic acids is 1. The maximum Gasteiger partial charge on any atom is 0.346 e. The van der Waals surface area contributed by atoms with Crippen LogP contribution in [0.3, 0.4) is 0 Å². The summed E-state index contributed by atoms with van der Waals surface area (Å²) in [6.07, 6.45) is 8.52. The minimum absolute atomic E-state index is 0.115. The Morgan fingerprint density at radius 3 is 1.78 bits per heavy atom. The lowest BCUT2D eigenvalue weighted by Crippen LogP contribution is -2.18. The summed E-state index contributed by atoms with van der Waals surface area (Å²) >= 11 is 1.58. The molecule has 0 fully saturated rings. The molecule has 0 amide bonds. The Hall–Kier alpha value is -5.57. The molecule has 1 heterocycles. The van der Waals surface area contributed by atoms with E-state index in [0.717, 1.165) is 34.0 Å². The number of carbonyl (C=O) groups is 1. The summed E-state index contributed by atoms with van der Waals surface area (Å²) in [4.78, 5) is 14.5. The van der Waals surface area contributed by atoms with Gasteiger partial charge < -0.3 is 10.0 Å². The zero-order chi connectivity index (χ0) is 35.5. The lowest BCUT2D eigenvalue weighted by molar-refractivity contribution is -0.132. The van der Waals surface area contributed by atoms with Crippen molar-refractivity contribution in [3.63, 3.8) is 0 Å². The minimum Gasteiger partial charge on any atom is -0.477 e. The molecule has 5 aromatic rings. The molecule has 1 atom stereocenters. The zero-order valence-corrected chi connectivity index (χ0v) is 30.0. The molecule has 1 unspecified atom stereocenters. The van der Waals surface area contributed by atoms with Gasteiger partial charge in [-0.3, -0.25) is 0 Å². The SMILES string of the molecule is CC1(C)c2ccccc2-c2ccc(N(c3ccc(/C=C/C4CC=C(/C=C(\C#N)C(=O)O)S4)cc3)c3ccc4c(c3)C(C)(C)c3ccccc3-4)cc21. The first-order valence-electron chi connectivity index (χ1n) is 17.4. The second kappa shape index (κ2) is 12.3. The molecule has 0 saturated carbocycles. The Labute approximate surface area is 304 Å². The van der Waals surface area contributed by atoms with Gasteiger partial charge in [-0.2, -0.15) is 5.26 Å². The molecule has 8 rings (SSSR count). The van der Waals surface area contributed by atoms with Crippen molar-refractivity contribution in [2.45, 2.75) is 50.2 Å². The van der Waals surface area contributed by atoms with Gasteiger partial charge in [0.15, 0.2) is 0 Å². The largest absolute Gasteiger partial charge is 0.477 e. The normalized spacial score (nSPS) is 17.7. The van der Waals surface area contributed by atoms with Crippen LogP contribution in [-0.4, -0.2) is 16.3 Å². The maximum absolute atomic E-state index is 11.3. The molecule has 0 saturated heterocycles. The van der Waals surface area contributed by atoms with Crippen molar-refractivity contribution >= 4 is 40.9 Å². The van der Waals surface area contributed by atoms with Gasteiger partial charge in [-0.1, -0.05) is 119 Å². The van der Waals surface area contributed by atoms with Gasteiger partial charge in [-0.25, -0.2) is 4.79 Å². The fraction of sp³-hybridized carbons (Fsp3) is 0.174. The van der Waals surface area contributed by atoms with Crippen LogP contribution in [0.1, 0.15) is 61.9 Å². The van der Waals surface area contributed by atoms with Crippen LogP contribution >= 0.6 is 11.8 Å². The number of hydrogen-bond acceptors (Lipinski definition) is 4. The van der Waals surface area contributed by atoms with Gasteiger partial charge in [0, 0.05) is 38.0 Å². The van der Waals surface area contributed by atoms with E-state index < -0.39 is 5.97 Å². The second-order valence-electron chi connectivity index (χ2n) is 14.6. The van der Waals surface area contributed by atoms with Crippen molar-refractivity contribution in [1.82, 2.24) is 0 Å². The molecule has 250 valence electrons. The summed E-state index contributed by atoms with van der Waals surface area (Å²) < 4.78 is 0. The van der Waals surface area contributed by atoms with E-state index >= 15 is 0 Å². The molecule has 0 bridgehead atoms. The molecule has 5 heteroatoms. The van der Waals surface area contributed by atoms with Crippen molar-refractivity contribution in [1.29, 1.82) is 5.26 Å². The van der Waals surface area contributed by atoms with E-state index in [1.807, 2.05) is 6.08 Å². The average molecular weight is 683 g/mol. The molecule has 3 aliphatic rings. The first kappa shape index (κ1) is 32.6. The topological polar surface area (TPSA) is 64.3 Å². The van der Waals surface area contributed by atoms with Crippen LogP contribution in [-0.2, 0) is 15.6 Å². The number of anilines is 3. The third-order valence-corrected chi connectivity index (χ3v) is 12.0. The van der Waals surface area contributed by atoms with Gasteiger partial charge in [0.25, 0.3) is 0 Å². The van der Waals surface area contributed by atoms with Crippen molar-refractivity contribution in [3.8, 4) is 28.3 Å². The predicted molar refractivity (Wildman–Crippen MR) is 211 cm³/mol. The van der Waals surface area contributed by atoms with E-state index in [2.05, 4.69) is 154 Å². The van der Waals surface area contributed by atoms with E-state index in [4.69, 9.17) is 5.26 Å². The smallest absolute Gasteiger partial charge is 0.346 e. The van der Waals surface area contributed by atoms with E-state index in [0.29, 0.717) is 0 Å². The van der Waals surface area contributed by atoms with Crippen LogP contribution in [0.5, 0.6) is 0 Å². The monoisotopic (exact) mass is 682 g/mol. The number of rotatable bonds is 7. The highest BCUT2D eigenvalue weighted by Crippen LogP contribution is 2.53. The van der Waals surface area contributed by atoms with E-state index in [1.54, 1.807) is 17.8 Å². The third-order valence-electron chi connectivity index (χ3n) is 10.8. The summed E-state index contributed by atoms with van der Waals surface area (Å²) in [7, 11) is 0. The Morgan fingerprint density at radius 2 is 1.25 bits per heavy atom. The predicted octanol–water partition coefficient (Wildman–Crippen LogP) is 11.7. The van der Waals surface area contributed by atoms with Crippen LogP contribution in [0.15, 0.2) is 138 Å². The molecule has 1 N–H and O–H groups in total. The highest BCUT2D eigenvalue weighted by molar-refractivity contribution is 8.04. The van der Waals surface area contributed by atoms with Gasteiger partial charge in [0.05, 0.1) is 0 Å². The maximum atomic E-state index is 11.3. The number of aliphatic carboxylic acids is 1. The first-order valence-corrected chi connectivity index (χ1v) is 18.2. The van der Waals surface area contributed by atoms with Gasteiger partial charge >= 0.3 is 5.97 Å². The Bertz CT molecular complexity index is 2260. The Balaban J connectivity index is 1.15. The molecule has 0 spiro atoms. The van der Waals surface area contributed by atoms with Gasteiger partial charge in [0.1, 0.15) is 11.6 Å². The summed E-state index contributed by atoms with van der Waals surface area (Å²) in [6, 6.07) is 41.9. The van der Waals surface area contributed by atoms with Crippen LogP contribution in [0.4, 0.5) is 17.1 Å². The number of fused-ring (bicyclic) bond motifs is 6. The fourth-order valence-corrected chi connectivity index (χ4v) is 9.14. The van der Waals surface area contributed by atoms with Crippen molar-refractivity contribution < 1.29 is 9.90 Å². The number of benzene rings is 5. The van der Waals surface area contributed by atoms with Gasteiger partial charge in [-0.15, -0.1) is 11.8 Å². The molecule has 2 aliphatic carbocycles. The van der Waals surface area contributed by atoms with E-state index in [-0.39, 0.29) is 21.7 Å². The van der Waals surface area contributed by atoms with Crippen molar-refractivity contribution in [2.24, 2.45) is 0 Å². The van der Waals surface area contributed by atoms with E-state index in [1.165, 1.54) is 50.6 Å². The molecule has 1 aliphatic heterocycles. The molecule has 51 heavy (non-hydrogen) atoms. The van der Waals surface area contributed by atoms with E-state index in [9.17, 15) is 9.90 Å². The highest BCUT2D eigenvalue weighted by Gasteiger charge is 2.37. The number of allylic oxidation sites excluding steroid dienone is 2. The molecular formula is C46H38N2O2S. The number of nitriles is 1. The summed E-state index contributed by atoms with van der Waals surface area (Å²) in [5, 5.41) is 18.5. The van der Waals surface area contributed by atoms with Crippen molar-refractivity contribution in [2.75, 3.05) is 4.90 Å². The van der Waals surface area contributed by atoms with Crippen molar-refractivity contribution in [3.05, 3.63) is 166 Å². The number of thioether (sulfide) groups is 1. The average Bonchev–Trinajstić information content (AvgIpc) is 3.76. The minimum atomic E-state index is -1.20. The Kier molecular flexibility index (Phi) is 7.89. The van der Waals surface area contributed by atoms with Gasteiger partial charge in [-0.05, 0) is 99.0 Å². The number of carboxylic acid groups (broad SMARTS) is 1. The van der Waals surface area contributed by atoms with Crippen LogP contribution in [0.25, 0.3) is 28.3 Å². The third kappa shape index (κ3) is 5.52. The highest BCUT2D eigenvalue weighted by atomic mass is 32.2. The quantitative estimate of drug-likeness (QED) is 0.137. The lowest BCUT2D eigenvalue weighted by Gasteiger charge is -2.29. The molecular weight excluding hydrogens is 645 g/mol. The number of hydrogen-bond donors (Lipinski definition) is 1. The van der Waals surface area contributed by atoms with Crippen LogP contribution < -0.4 is 4.90 Å². The van der Waals surface area contributed by atoms with Gasteiger partial charge in [0.2, 0.25) is 0 Å². The lowest BCUT2D eigenvalue weighted by atomic mass is 9.82. The summed E-state index contributed by atoms with van der Waals surface area (Å²) in [6.45, 7) is 9.31. The second-order valence-corrected chi connectivity index (χ2v) is 15.9. The standard InChI is InChI=1S/C46H38N2O2S/c1-45(2)40-11-7-5-9-36(40)38-23-18-32(26-42(38)45)48(33-19-24-39-37-10-6-8-12-41(37)46(3,4)43(39)27-33)31-16-13-29(14-17-31)15-20-34-21-22-35(51-34)25-30(28-47)44(49)50/h5-20,22-27,34H,21H2,1-4H3,(H,49,50)/b20-15+,30-25+. The molecule has 5 aromatic carbocycles. The molecule has 4 nitrogen and oxygen atoms in total. The molecule has 0 radical (unpaired) electrons.